The number of nitrogens with one attached hydrogen (secondary N) is 2. The third-order valence-electron chi connectivity index (χ3n) is 4.42. The Morgan fingerprint density at radius 1 is 1.22 bits per heavy atom. The summed E-state index contributed by atoms with van der Waals surface area (Å²) in [6, 6.07) is 10.4. The maximum atomic E-state index is 13.1. The summed E-state index contributed by atoms with van der Waals surface area (Å²) >= 11 is 0. The highest BCUT2D eigenvalue weighted by atomic mass is 19.1. The summed E-state index contributed by atoms with van der Waals surface area (Å²) in [6.45, 7) is 0. The number of halogens is 1. The van der Waals surface area contributed by atoms with E-state index in [-0.39, 0.29) is 17.8 Å². The summed E-state index contributed by atoms with van der Waals surface area (Å²) in [5.41, 5.74) is 1.67. The number of carbonyl (C=O) groups excluding carboxylic acids is 1. The minimum atomic E-state index is -0.220. The Balaban J connectivity index is 1.82. The van der Waals surface area contributed by atoms with E-state index in [9.17, 15) is 9.18 Å². The summed E-state index contributed by atoms with van der Waals surface area (Å²) in [5.74, 6) is 0.529. The molecule has 1 aliphatic rings. The van der Waals surface area contributed by atoms with Gasteiger partial charge in [0.2, 0.25) is 0 Å². The van der Waals surface area contributed by atoms with Crippen LogP contribution in [0.2, 0.25) is 0 Å². The number of pyridine rings is 1. The van der Waals surface area contributed by atoms with Crippen LogP contribution in [0.5, 0.6) is 0 Å². The molecule has 5 heteroatoms. The van der Waals surface area contributed by atoms with Gasteiger partial charge < -0.3 is 10.6 Å². The van der Waals surface area contributed by atoms with Crippen LogP contribution in [0.1, 0.15) is 41.1 Å². The van der Waals surface area contributed by atoms with E-state index in [2.05, 4.69) is 15.6 Å². The van der Waals surface area contributed by atoms with Crippen molar-refractivity contribution in [1.82, 2.24) is 10.3 Å². The van der Waals surface area contributed by atoms with Gasteiger partial charge in [0, 0.05) is 25.2 Å². The van der Waals surface area contributed by atoms with Crippen LogP contribution < -0.4 is 10.6 Å². The van der Waals surface area contributed by atoms with Crippen molar-refractivity contribution in [2.45, 2.75) is 31.2 Å². The number of amides is 1. The molecule has 2 N–H and O–H groups in total. The molecule has 0 aliphatic heterocycles. The van der Waals surface area contributed by atoms with E-state index >= 15 is 0 Å². The number of anilines is 1. The normalized spacial score (nSPS) is 20.3. The Hall–Kier alpha value is -2.43. The van der Waals surface area contributed by atoms with Gasteiger partial charge in [0.25, 0.3) is 5.91 Å². The van der Waals surface area contributed by atoms with Gasteiger partial charge in [0.05, 0.1) is 5.56 Å². The highest BCUT2D eigenvalue weighted by Crippen LogP contribution is 2.36. The van der Waals surface area contributed by atoms with Gasteiger partial charge >= 0.3 is 0 Å². The van der Waals surface area contributed by atoms with E-state index in [4.69, 9.17) is 0 Å². The van der Waals surface area contributed by atoms with Gasteiger partial charge in [0.1, 0.15) is 11.6 Å². The van der Waals surface area contributed by atoms with Crippen LogP contribution in [0.4, 0.5) is 10.2 Å². The van der Waals surface area contributed by atoms with E-state index in [0.717, 1.165) is 24.8 Å². The lowest BCUT2D eigenvalue weighted by molar-refractivity contribution is 0.0963. The molecule has 2 unspecified atom stereocenters. The van der Waals surface area contributed by atoms with Crippen molar-refractivity contribution < 1.29 is 9.18 Å². The van der Waals surface area contributed by atoms with Gasteiger partial charge in [-0.15, -0.1) is 0 Å². The van der Waals surface area contributed by atoms with Crippen molar-refractivity contribution >= 4 is 11.7 Å². The molecule has 3 rings (SSSR count). The SMILES string of the molecule is CNC(=O)c1cccnc1NC1CCCC1c1ccc(F)cc1. The van der Waals surface area contributed by atoms with Crippen molar-refractivity contribution in [1.29, 1.82) is 0 Å². The lowest BCUT2D eigenvalue weighted by Gasteiger charge is -2.23. The van der Waals surface area contributed by atoms with Crippen molar-refractivity contribution in [2.24, 2.45) is 0 Å². The molecule has 0 bridgehead atoms. The average Bonchev–Trinajstić information content (AvgIpc) is 3.03. The summed E-state index contributed by atoms with van der Waals surface area (Å²) in [5, 5.41) is 6.06. The first kappa shape index (κ1) is 15.5. The van der Waals surface area contributed by atoms with Crippen LogP contribution in [0.15, 0.2) is 42.6 Å². The van der Waals surface area contributed by atoms with Crippen molar-refractivity contribution in [3.8, 4) is 0 Å². The van der Waals surface area contributed by atoms with Crippen LogP contribution >= 0.6 is 0 Å². The molecule has 23 heavy (non-hydrogen) atoms. The maximum absolute atomic E-state index is 13.1. The summed E-state index contributed by atoms with van der Waals surface area (Å²) in [7, 11) is 1.61. The van der Waals surface area contributed by atoms with Gasteiger partial charge in [-0.3, -0.25) is 4.79 Å². The molecular formula is C18H20FN3O. The van der Waals surface area contributed by atoms with E-state index in [1.54, 1.807) is 25.4 Å². The van der Waals surface area contributed by atoms with Crippen LogP contribution in [-0.4, -0.2) is 24.0 Å². The van der Waals surface area contributed by atoms with Crippen LogP contribution in [0.25, 0.3) is 0 Å². The third kappa shape index (κ3) is 3.33. The summed E-state index contributed by atoms with van der Waals surface area (Å²) in [6.07, 6.45) is 4.83. The van der Waals surface area contributed by atoms with Gasteiger partial charge in [-0.1, -0.05) is 18.6 Å². The van der Waals surface area contributed by atoms with Gasteiger partial charge in [0.15, 0.2) is 0 Å². The van der Waals surface area contributed by atoms with Gasteiger partial charge in [-0.05, 0) is 42.7 Å². The second-order valence-electron chi connectivity index (χ2n) is 5.82. The minimum Gasteiger partial charge on any atom is -0.366 e. The fraction of sp³-hybridized carbons (Fsp3) is 0.333. The molecule has 2 aromatic rings. The smallest absolute Gasteiger partial charge is 0.254 e. The van der Waals surface area contributed by atoms with Gasteiger partial charge in [-0.2, -0.15) is 0 Å². The number of rotatable bonds is 4. The first-order valence-electron chi connectivity index (χ1n) is 7.88. The predicted octanol–water partition coefficient (Wildman–Crippen LogP) is 3.33. The van der Waals surface area contributed by atoms with Crippen molar-refractivity contribution in [3.63, 3.8) is 0 Å². The summed E-state index contributed by atoms with van der Waals surface area (Å²) in [4.78, 5) is 16.3. The molecule has 0 spiro atoms. The molecule has 1 aliphatic carbocycles. The zero-order valence-corrected chi connectivity index (χ0v) is 13.1. The average molecular weight is 313 g/mol. The fourth-order valence-electron chi connectivity index (χ4n) is 3.26. The number of carbonyl (C=O) groups is 1. The third-order valence-corrected chi connectivity index (χ3v) is 4.42. The Kier molecular flexibility index (Phi) is 4.55. The Morgan fingerprint density at radius 3 is 2.74 bits per heavy atom. The maximum Gasteiger partial charge on any atom is 0.254 e. The number of benzene rings is 1. The lowest BCUT2D eigenvalue weighted by atomic mass is 9.94. The molecule has 1 aromatic heterocycles. The second-order valence-corrected chi connectivity index (χ2v) is 5.82. The zero-order chi connectivity index (χ0) is 16.2. The van der Waals surface area contributed by atoms with E-state index in [1.807, 2.05) is 12.1 Å². The lowest BCUT2D eigenvalue weighted by Crippen LogP contribution is -2.26. The fourth-order valence-corrected chi connectivity index (χ4v) is 3.26. The molecular weight excluding hydrogens is 293 g/mol. The monoisotopic (exact) mass is 313 g/mol. The highest BCUT2D eigenvalue weighted by Gasteiger charge is 2.29. The molecule has 4 nitrogen and oxygen atoms in total. The quantitative estimate of drug-likeness (QED) is 0.910. The molecule has 0 saturated heterocycles. The predicted molar refractivity (Wildman–Crippen MR) is 88.0 cm³/mol. The molecule has 1 heterocycles. The minimum absolute atomic E-state index is 0.156. The first-order chi connectivity index (χ1) is 11.2. The Bertz CT molecular complexity index is 687. The zero-order valence-electron chi connectivity index (χ0n) is 13.1. The number of hydrogen-bond donors (Lipinski definition) is 2. The largest absolute Gasteiger partial charge is 0.366 e. The first-order valence-corrected chi connectivity index (χ1v) is 7.88. The second kappa shape index (κ2) is 6.77. The molecule has 1 amide bonds. The van der Waals surface area contributed by atoms with E-state index in [1.165, 1.54) is 12.1 Å². The van der Waals surface area contributed by atoms with Crippen molar-refractivity contribution in [2.75, 3.05) is 12.4 Å². The molecule has 0 radical (unpaired) electrons. The topological polar surface area (TPSA) is 54.0 Å². The van der Waals surface area contributed by atoms with Gasteiger partial charge in [-0.25, -0.2) is 9.37 Å². The highest BCUT2D eigenvalue weighted by molar-refractivity contribution is 5.98. The summed E-state index contributed by atoms with van der Waals surface area (Å²) < 4.78 is 13.1. The standard InChI is InChI=1S/C18H20FN3O/c1-20-18(23)15-5-3-11-21-17(15)22-16-6-2-4-14(16)12-7-9-13(19)10-8-12/h3,5,7-11,14,16H,2,4,6H2,1H3,(H,20,23)(H,21,22). The number of hydrogen-bond acceptors (Lipinski definition) is 3. The van der Waals surface area contributed by atoms with Crippen LogP contribution in [0, 0.1) is 5.82 Å². The molecule has 1 aromatic carbocycles. The Labute approximate surface area is 135 Å². The molecule has 1 saturated carbocycles. The number of nitrogens with zero attached hydrogens (tertiary/aromatic N) is 1. The van der Waals surface area contributed by atoms with E-state index < -0.39 is 0 Å². The molecule has 1 fully saturated rings. The Morgan fingerprint density at radius 2 is 2.00 bits per heavy atom. The van der Waals surface area contributed by atoms with Crippen LogP contribution in [-0.2, 0) is 0 Å². The molecule has 2 atom stereocenters. The number of aromatic nitrogens is 1. The van der Waals surface area contributed by atoms with Crippen LogP contribution in [0.3, 0.4) is 0 Å². The van der Waals surface area contributed by atoms with E-state index in [0.29, 0.717) is 17.3 Å². The molecule has 120 valence electrons. The van der Waals surface area contributed by atoms with Crippen molar-refractivity contribution in [3.05, 3.63) is 59.5 Å².